The number of carbonyl (C=O) groups is 3. The van der Waals surface area contributed by atoms with Crippen molar-refractivity contribution in [2.75, 3.05) is 11.4 Å². The first kappa shape index (κ1) is 22.5. The third-order valence-corrected chi connectivity index (χ3v) is 7.85. The van der Waals surface area contributed by atoms with Gasteiger partial charge in [-0.15, -0.1) is 0 Å². The molecular weight excluding hydrogens is 458 g/mol. The molecular formula is C27H27N5O4. The summed E-state index contributed by atoms with van der Waals surface area (Å²) in [4.78, 5) is 62.5. The van der Waals surface area contributed by atoms with Crippen molar-refractivity contribution < 1.29 is 14.4 Å². The summed E-state index contributed by atoms with van der Waals surface area (Å²) in [6, 6.07) is 11.7. The first-order valence-corrected chi connectivity index (χ1v) is 12.4. The van der Waals surface area contributed by atoms with Crippen LogP contribution in [-0.2, 0) is 22.6 Å². The molecule has 0 saturated carbocycles. The van der Waals surface area contributed by atoms with Crippen LogP contribution in [-0.4, -0.2) is 44.7 Å². The number of benzene rings is 1. The number of fused-ring (bicyclic) bond motifs is 5. The van der Waals surface area contributed by atoms with Gasteiger partial charge in [0.25, 0.3) is 5.56 Å². The standard InChI is InChI=1S/C27H27N5O4/c1-17-9-8-14-31-21(17)28-22-19(23(31)33)15-27(20-12-6-3-7-13-30(20)22)24(34)29-26(36)32(25(27)35)16-18-10-4-2-5-11-18/h2,4-5,8-11,14,20H,3,6-7,12-13,15-16H2,1H3,(H,29,34,36)/t20-,27+/m0/s1. The van der Waals surface area contributed by atoms with Crippen molar-refractivity contribution in [1.29, 1.82) is 0 Å². The van der Waals surface area contributed by atoms with Gasteiger partial charge in [0.1, 0.15) is 11.5 Å². The van der Waals surface area contributed by atoms with E-state index < -0.39 is 29.3 Å². The lowest BCUT2D eigenvalue weighted by Crippen LogP contribution is -2.72. The highest BCUT2D eigenvalue weighted by Crippen LogP contribution is 2.46. The molecule has 1 aromatic carbocycles. The summed E-state index contributed by atoms with van der Waals surface area (Å²) in [7, 11) is 0. The number of pyridine rings is 1. The first-order valence-electron chi connectivity index (χ1n) is 12.4. The summed E-state index contributed by atoms with van der Waals surface area (Å²) < 4.78 is 1.48. The zero-order valence-electron chi connectivity index (χ0n) is 20.1. The quantitative estimate of drug-likeness (QED) is 0.560. The Hall–Kier alpha value is -4.01. The van der Waals surface area contributed by atoms with E-state index in [1.165, 1.54) is 4.40 Å². The minimum absolute atomic E-state index is 0.0499. The van der Waals surface area contributed by atoms with E-state index in [0.717, 1.165) is 35.3 Å². The molecule has 3 aliphatic heterocycles. The SMILES string of the molecule is Cc1cccn2c(=O)c3c(nc12)N1CCCCC[C@H]1[C@]1(C3)C(=O)NC(=O)N(Cc2ccccc2)C1=O. The maximum absolute atomic E-state index is 14.2. The van der Waals surface area contributed by atoms with Gasteiger partial charge in [0.2, 0.25) is 11.8 Å². The summed E-state index contributed by atoms with van der Waals surface area (Å²) in [6.45, 7) is 2.54. The van der Waals surface area contributed by atoms with Crippen molar-refractivity contribution in [2.24, 2.45) is 5.41 Å². The second-order valence-electron chi connectivity index (χ2n) is 9.95. The zero-order valence-corrected chi connectivity index (χ0v) is 20.1. The van der Waals surface area contributed by atoms with Gasteiger partial charge in [-0.05, 0) is 37.0 Å². The fourth-order valence-corrected chi connectivity index (χ4v) is 6.05. The smallest absolute Gasteiger partial charge is 0.331 e. The Kier molecular flexibility index (Phi) is 5.17. The van der Waals surface area contributed by atoms with Crippen LogP contribution in [0.1, 0.15) is 42.4 Å². The molecule has 6 rings (SSSR count). The number of nitrogens with one attached hydrogen (secondary N) is 1. The average molecular weight is 486 g/mol. The van der Waals surface area contributed by atoms with Crippen LogP contribution in [0.5, 0.6) is 0 Å². The van der Waals surface area contributed by atoms with Gasteiger partial charge in [-0.25, -0.2) is 9.78 Å². The molecule has 2 atom stereocenters. The molecule has 0 radical (unpaired) electrons. The number of urea groups is 1. The summed E-state index contributed by atoms with van der Waals surface area (Å²) in [5.74, 6) is -0.617. The Morgan fingerprint density at radius 3 is 2.64 bits per heavy atom. The number of imide groups is 2. The predicted octanol–water partition coefficient (Wildman–Crippen LogP) is 2.57. The van der Waals surface area contributed by atoms with Crippen molar-refractivity contribution in [1.82, 2.24) is 19.6 Å². The van der Waals surface area contributed by atoms with Crippen LogP contribution in [0.4, 0.5) is 10.6 Å². The number of aromatic nitrogens is 2. The molecule has 0 aliphatic carbocycles. The highest BCUT2D eigenvalue weighted by molar-refractivity contribution is 6.20. The van der Waals surface area contributed by atoms with E-state index in [2.05, 4.69) is 5.32 Å². The van der Waals surface area contributed by atoms with Crippen LogP contribution in [0.2, 0.25) is 0 Å². The number of hydrogen-bond acceptors (Lipinski definition) is 6. The summed E-state index contributed by atoms with van der Waals surface area (Å²) >= 11 is 0. The van der Waals surface area contributed by atoms with Crippen LogP contribution in [0, 0.1) is 12.3 Å². The molecule has 4 amide bonds. The molecule has 2 saturated heterocycles. The third kappa shape index (κ3) is 3.18. The molecule has 3 aromatic rings. The van der Waals surface area contributed by atoms with Crippen molar-refractivity contribution in [3.05, 3.63) is 75.7 Å². The third-order valence-electron chi connectivity index (χ3n) is 7.85. The van der Waals surface area contributed by atoms with E-state index in [9.17, 15) is 19.2 Å². The van der Waals surface area contributed by atoms with E-state index in [1.54, 1.807) is 12.3 Å². The molecule has 36 heavy (non-hydrogen) atoms. The van der Waals surface area contributed by atoms with Gasteiger partial charge < -0.3 is 4.90 Å². The van der Waals surface area contributed by atoms with Crippen LogP contribution in [0.15, 0.2) is 53.5 Å². The average Bonchev–Trinajstić information content (AvgIpc) is 3.14. The van der Waals surface area contributed by atoms with Crippen LogP contribution < -0.4 is 15.8 Å². The summed E-state index contributed by atoms with van der Waals surface area (Å²) in [6.07, 6.45) is 4.83. The molecule has 5 heterocycles. The van der Waals surface area contributed by atoms with Gasteiger partial charge in [-0.3, -0.25) is 29.0 Å². The Labute approximate surface area is 207 Å². The number of amides is 4. The van der Waals surface area contributed by atoms with Gasteiger partial charge in [0, 0.05) is 19.2 Å². The van der Waals surface area contributed by atoms with Crippen LogP contribution >= 0.6 is 0 Å². The molecule has 1 spiro atoms. The predicted molar refractivity (Wildman–Crippen MR) is 132 cm³/mol. The van der Waals surface area contributed by atoms with Crippen molar-refractivity contribution in [3.63, 3.8) is 0 Å². The molecule has 3 aliphatic rings. The number of rotatable bonds is 2. The molecule has 1 N–H and O–H groups in total. The summed E-state index contributed by atoms with van der Waals surface area (Å²) in [5.41, 5.74) is 0.693. The maximum atomic E-state index is 14.2. The highest BCUT2D eigenvalue weighted by atomic mass is 16.2. The van der Waals surface area contributed by atoms with E-state index >= 15 is 0 Å². The van der Waals surface area contributed by atoms with Gasteiger partial charge in [0.05, 0.1) is 18.2 Å². The van der Waals surface area contributed by atoms with E-state index in [4.69, 9.17) is 4.98 Å². The fourth-order valence-electron chi connectivity index (χ4n) is 6.05. The van der Waals surface area contributed by atoms with Gasteiger partial charge in [0.15, 0.2) is 5.41 Å². The van der Waals surface area contributed by atoms with Crippen LogP contribution in [0.3, 0.4) is 0 Å². The fraction of sp³-hybridized carbons (Fsp3) is 0.370. The lowest BCUT2D eigenvalue weighted by molar-refractivity contribution is -0.154. The minimum Gasteiger partial charge on any atom is -0.352 e. The zero-order chi connectivity index (χ0) is 25.0. The Morgan fingerprint density at radius 2 is 1.83 bits per heavy atom. The maximum Gasteiger partial charge on any atom is 0.331 e. The van der Waals surface area contributed by atoms with E-state index in [1.807, 2.05) is 48.2 Å². The highest BCUT2D eigenvalue weighted by Gasteiger charge is 2.62. The largest absolute Gasteiger partial charge is 0.352 e. The lowest BCUT2D eigenvalue weighted by atomic mass is 9.68. The van der Waals surface area contributed by atoms with Crippen molar-refractivity contribution in [3.8, 4) is 0 Å². The Balaban J connectivity index is 1.54. The number of nitrogens with zero attached hydrogens (tertiary/aromatic N) is 4. The monoisotopic (exact) mass is 485 g/mol. The number of carbonyl (C=O) groups excluding carboxylic acids is 3. The van der Waals surface area contributed by atoms with Gasteiger partial charge in [-0.2, -0.15) is 0 Å². The lowest BCUT2D eigenvalue weighted by Gasteiger charge is -2.50. The molecule has 0 unspecified atom stereocenters. The van der Waals surface area contributed by atoms with E-state index in [-0.39, 0.29) is 18.5 Å². The van der Waals surface area contributed by atoms with Gasteiger partial charge in [-0.1, -0.05) is 49.2 Å². The second kappa shape index (κ2) is 8.29. The molecule has 0 bridgehead atoms. The second-order valence-corrected chi connectivity index (χ2v) is 9.95. The van der Waals surface area contributed by atoms with Crippen LogP contribution in [0.25, 0.3) is 5.65 Å². The summed E-state index contributed by atoms with van der Waals surface area (Å²) in [5, 5.41) is 2.46. The van der Waals surface area contributed by atoms with E-state index in [0.29, 0.717) is 30.0 Å². The number of aryl methyl sites for hydroxylation is 1. The molecule has 184 valence electrons. The molecule has 9 nitrogen and oxygen atoms in total. The van der Waals surface area contributed by atoms with Crippen molar-refractivity contribution in [2.45, 2.75) is 51.6 Å². The Bertz CT molecular complexity index is 1470. The van der Waals surface area contributed by atoms with Crippen molar-refractivity contribution >= 4 is 29.3 Å². The Morgan fingerprint density at radius 1 is 1.03 bits per heavy atom. The molecule has 2 fully saturated rings. The number of hydrogen-bond donors (Lipinski definition) is 1. The molecule has 9 heteroatoms. The molecule has 2 aromatic heterocycles. The van der Waals surface area contributed by atoms with Gasteiger partial charge >= 0.3 is 6.03 Å². The minimum atomic E-state index is -1.58. The normalized spacial score (nSPS) is 23.9. The topological polar surface area (TPSA) is 104 Å². The number of anilines is 1. The first-order chi connectivity index (χ1) is 17.4. The number of barbiturate groups is 1.